The zero-order chi connectivity index (χ0) is 13.7. The van der Waals surface area contributed by atoms with Crippen LogP contribution in [0.5, 0.6) is 0 Å². The van der Waals surface area contributed by atoms with Crippen LogP contribution in [0.25, 0.3) is 0 Å². The summed E-state index contributed by atoms with van der Waals surface area (Å²) in [7, 11) is 0. The molecule has 0 aromatic carbocycles. The van der Waals surface area contributed by atoms with Crippen LogP contribution in [0.4, 0.5) is 0 Å². The van der Waals surface area contributed by atoms with Crippen molar-refractivity contribution in [2.24, 2.45) is 11.7 Å². The van der Waals surface area contributed by atoms with Crippen LogP contribution in [0, 0.1) is 5.92 Å². The molecule has 0 radical (unpaired) electrons. The van der Waals surface area contributed by atoms with E-state index in [1.807, 2.05) is 0 Å². The lowest BCUT2D eigenvalue weighted by atomic mass is 9.94. The van der Waals surface area contributed by atoms with E-state index < -0.39 is 0 Å². The molecule has 1 aliphatic heterocycles. The third kappa shape index (κ3) is 4.77. The molecule has 0 bridgehead atoms. The van der Waals surface area contributed by atoms with E-state index in [1.54, 1.807) is 0 Å². The molecule has 4 heteroatoms. The number of likely N-dealkylation sites (tertiary alicyclic amines) is 1. The van der Waals surface area contributed by atoms with Gasteiger partial charge in [0, 0.05) is 25.0 Å². The summed E-state index contributed by atoms with van der Waals surface area (Å²) in [6.45, 7) is 6.56. The van der Waals surface area contributed by atoms with Crippen LogP contribution in [0.15, 0.2) is 0 Å². The highest BCUT2D eigenvalue weighted by Gasteiger charge is 2.31. The van der Waals surface area contributed by atoms with Crippen LogP contribution in [-0.4, -0.2) is 42.5 Å². The summed E-state index contributed by atoms with van der Waals surface area (Å²) >= 11 is 0. The molecule has 2 fully saturated rings. The average Bonchev–Trinajstić information content (AvgIpc) is 2.98. The number of carbonyl (C=O) groups is 1. The summed E-state index contributed by atoms with van der Waals surface area (Å²) in [5.41, 5.74) is 6.01. The number of carbonyl (C=O) groups excluding carboxylic acids is 1. The number of hydrogen-bond donors (Lipinski definition) is 2. The van der Waals surface area contributed by atoms with Crippen molar-refractivity contribution in [3.8, 4) is 0 Å². The maximum absolute atomic E-state index is 11.9. The van der Waals surface area contributed by atoms with Crippen LogP contribution in [0.3, 0.4) is 0 Å². The lowest BCUT2D eigenvalue weighted by molar-refractivity contribution is -0.122. The highest BCUT2D eigenvalue weighted by Crippen LogP contribution is 2.29. The second kappa shape index (κ2) is 6.71. The molecule has 1 heterocycles. The molecule has 19 heavy (non-hydrogen) atoms. The maximum Gasteiger partial charge on any atom is 0.221 e. The van der Waals surface area contributed by atoms with Crippen molar-refractivity contribution in [3.05, 3.63) is 0 Å². The summed E-state index contributed by atoms with van der Waals surface area (Å²) in [4.78, 5) is 14.4. The first kappa shape index (κ1) is 14.8. The summed E-state index contributed by atoms with van der Waals surface area (Å²) in [5, 5.41) is 3.06. The van der Waals surface area contributed by atoms with Crippen molar-refractivity contribution in [1.29, 1.82) is 0 Å². The summed E-state index contributed by atoms with van der Waals surface area (Å²) in [6.07, 6.45) is 7.52. The number of nitrogens with zero attached hydrogens (tertiary/aromatic N) is 1. The zero-order valence-corrected chi connectivity index (χ0v) is 12.3. The predicted octanol–water partition coefficient (Wildman–Crippen LogP) is 1.50. The third-order valence-corrected chi connectivity index (χ3v) is 4.53. The Labute approximate surface area is 117 Å². The molecule has 4 nitrogen and oxygen atoms in total. The van der Waals surface area contributed by atoms with Crippen molar-refractivity contribution in [2.75, 3.05) is 26.2 Å². The number of nitrogens with two attached hydrogens (primary N) is 1. The van der Waals surface area contributed by atoms with Gasteiger partial charge in [0.15, 0.2) is 0 Å². The van der Waals surface area contributed by atoms with Crippen LogP contribution in [-0.2, 0) is 4.79 Å². The largest absolute Gasteiger partial charge is 0.356 e. The Morgan fingerprint density at radius 3 is 2.53 bits per heavy atom. The summed E-state index contributed by atoms with van der Waals surface area (Å²) < 4.78 is 0. The SMILES string of the molecule is CC(CNC(=O)CC1(N)CCCC1)CN1CCCC1. The molecule has 0 spiro atoms. The molecular formula is C15H29N3O. The van der Waals surface area contributed by atoms with Gasteiger partial charge in [0.05, 0.1) is 0 Å². The summed E-state index contributed by atoms with van der Waals surface area (Å²) in [6, 6.07) is 0. The van der Waals surface area contributed by atoms with E-state index >= 15 is 0 Å². The van der Waals surface area contributed by atoms with E-state index in [0.717, 1.165) is 25.9 Å². The Morgan fingerprint density at radius 2 is 1.89 bits per heavy atom. The van der Waals surface area contributed by atoms with Crippen LogP contribution >= 0.6 is 0 Å². The fourth-order valence-corrected chi connectivity index (χ4v) is 3.40. The van der Waals surface area contributed by atoms with Gasteiger partial charge in [0.2, 0.25) is 5.91 Å². The number of amides is 1. The van der Waals surface area contributed by atoms with Crippen molar-refractivity contribution in [1.82, 2.24) is 10.2 Å². The molecule has 2 rings (SSSR count). The van der Waals surface area contributed by atoms with Gasteiger partial charge in [-0.25, -0.2) is 0 Å². The van der Waals surface area contributed by atoms with E-state index in [-0.39, 0.29) is 11.4 Å². The molecule has 1 aliphatic carbocycles. The van der Waals surface area contributed by atoms with E-state index in [9.17, 15) is 4.79 Å². The normalized spacial score (nSPS) is 24.5. The third-order valence-electron chi connectivity index (χ3n) is 4.53. The molecule has 110 valence electrons. The second-order valence-corrected chi connectivity index (χ2v) is 6.66. The lowest BCUT2D eigenvalue weighted by Gasteiger charge is -2.24. The minimum atomic E-state index is -0.220. The number of hydrogen-bond acceptors (Lipinski definition) is 3. The molecule has 3 N–H and O–H groups in total. The van der Waals surface area contributed by atoms with Gasteiger partial charge in [-0.05, 0) is 44.7 Å². The van der Waals surface area contributed by atoms with Gasteiger partial charge in [-0.2, -0.15) is 0 Å². The van der Waals surface area contributed by atoms with Gasteiger partial charge in [0.1, 0.15) is 0 Å². The smallest absolute Gasteiger partial charge is 0.221 e. The lowest BCUT2D eigenvalue weighted by Crippen LogP contribution is -2.43. The first-order valence-corrected chi connectivity index (χ1v) is 7.85. The topological polar surface area (TPSA) is 58.4 Å². The van der Waals surface area contributed by atoms with E-state index in [1.165, 1.54) is 38.8 Å². The van der Waals surface area contributed by atoms with Gasteiger partial charge in [-0.3, -0.25) is 4.79 Å². The first-order chi connectivity index (χ1) is 9.07. The minimum Gasteiger partial charge on any atom is -0.356 e. The molecule has 1 atom stereocenters. The highest BCUT2D eigenvalue weighted by molar-refractivity contribution is 5.77. The minimum absolute atomic E-state index is 0.137. The monoisotopic (exact) mass is 267 g/mol. The maximum atomic E-state index is 11.9. The van der Waals surface area contributed by atoms with Crippen LogP contribution < -0.4 is 11.1 Å². The number of nitrogens with one attached hydrogen (secondary N) is 1. The zero-order valence-electron chi connectivity index (χ0n) is 12.3. The highest BCUT2D eigenvalue weighted by atomic mass is 16.1. The van der Waals surface area contributed by atoms with Gasteiger partial charge >= 0.3 is 0 Å². The summed E-state index contributed by atoms with van der Waals surface area (Å²) in [5.74, 6) is 0.664. The Hall–Kier alpha value is -0.610. The Morgan fingerprint density at radius 1 is 1.26 bits per heavy atom. The molecule has 1 unspecified atom stereocenters. The van der Waals surface area contributed by atoms with Gasteiger partial charge < -0.3 is 16.0 Å². The molecular weight excluding hydrogens is 238 g/mol. The van der Waals surface area contributed by atoms with Crippen molar-refractivity contribution >= 4 is 5.91 Å². The van der Waals surface area contributed by atoms with Crippen molar-refractivity contribution in [2.45, 2.75) is 57.4 Å². The number of rotatable bonds is 6. The quantitative estimate of drug-likeness (QED) is 0.766. The molecule has 1 saturated heterocycles. The van der Waals surface area contributed by atoms with E-state index in [4.69, 9.17) is 5.73 Å². The molecule has 1 amide bonds. The van der Waals surface area contributed by atoms with Gasteiger partial charge in [-0.15, -0.1) is 0 Å². The Bertz CT molecular complexity index is 294. The molecule has 0 aromatic heterocycles. The van der Waals surface area contributed by atoms with Gasteiger partial charge in [0.25, 0.3) is 0 Å². The van der Waals surface area contributed by atoms with Crippen LogP contribution in [0.2, 0.25) is 0 Å². The molecule has 0 aromatic rings. The second-order valence-electron chi connectivity index (χ2n) is 6.66. The fourth-order valence-electron chi connectivity index (χ4n) is 3.40. The fraction of sp³-hybridized carbons (Fsp3) is 0.933. The first-order valence-electron chi connectivity index (χ1n) is 7.85. The van der Waals surface area contributed by atoms with Crippen molar-refractivity contribution < 1.29 is 4.79 Å². The Kier molecular flexibility index (Phi) is 5.22. The van der Waals surface area contributed by atoms with Crippen LogP contribution in [0.1, 0.15) is 51.9 Å². The molecule has 1 saturated carbocycles. The average molecular weight is 267 g/mol. The van der Waals surface area contributed by atoms with Crippen molar-refractivity contribution in [3.63, 3.8) is 0 Å². The van der Waals surface area contributed by atoms with E-state index in [2.05, 4.69) is 17.1 Å². The van der Waals surface area contributed by atoms with Gasteiger partial charge in [-0.1, -0.05) is 19.8 Å². The Balaban J connectivity index is 1.62. The standard InChI is InChI=1S/C15H29N3O/c1-13(12-18-8-4-5-9-18)11-17-14(19)10-15(16)6-2-3-7-15/h13H,2-12,16H2,1H3,(H,17,19). The van der Waals surface area contributed by atoms with E-state index in [0.29, 0.717) is 12.3 Å². The predicted molar refractivity (Wildman–Crippen MR) is 77.9 cm³/mol. The molecule has 2 aliphatic rings.